The van der Waals surface area contributed by atoms with Gasteiger partial charge in [-0.3, -0.25) is 4.79 Å². The molecule has 1 N–H and O–H groups in total. The summed E-state index contributed by atoms with van der Waals surface area (Å²) in [4.78, 5) is 19.5. The maximum atomic E-state index is 12.9. The van der Waals surface area contributed by atoms with Crippen LogP contribution >= 0.6 is 0 Å². The lowest BCUT2D eigenvalue weighted by Crippen LogP contribution is -2.40. The normalized spacial score (nSPS) is 16.6. The first-order chi connectivity index (χ1) is 13.6. The third-order valence-corrected chi connectivity index (χ3v) is 5.19. The van der Waals surface area contributed by atoms with Crippen LogP contribution in [0.5, 0.6) is 5.75 Å². The minimum absolute atomic E-state index is 0.0754. The first-order valence-corrected chi connectivity index (χ1v) is 9.77. The molecule has 4 rings (SSSR count). The summed E-state index contributed by atoms with van der Waals surface area (Å²) in [5.74, 6) is 0.759. The van der Waals surface area contributed by atoms with E-state index in [0.29, 0.717) is 17.9 Å². The van der Waals surface area contributed by atoms with Crippen LogP contribution in [-0.4, -0.2) is 46.4 Å². The van der Waals surface area contributed by atoms with Gasteiger partial charge in [-0.2, -0.15) is 0 Å². The predicted molar refractivity (Wildman–Crippen MR) is 109 cm³/mol. The van der Waals surface area contributed by atoms with Gasteiger partial charge in [-0.1, -0.05) is 12.1 Å². The number of likely N-dealkylation sites (N-methyl/N-ethyl adjacent to an activating group) is 1. The summed E-state index contributed by atoms with van der Waals surface area (Å²) in [6, 6.07) is 11.7. The lowest BCUT2D eigenvalue weighted by atomic mass is 10.1. The summed E-state index contributed by atoms with van der Waals surface area (Å²) in [7, 11) is 1.93. The molecule has 3 heterocycles. The van der Waals surface area contributed by atoms with Crippen LogP contribution in [0.25, 0.3) is 5.65 Å². The van der Waals surface area contributed by atoms with Gasteiger partial charge in [-0.05, 0) is 56.6 Å². The number of likely N-dealkylation sites (tertiary alicyclic amines) is 1. The second kappa shape index (κ2) is 8.02. The van der Waals surface area contributed by atoms with Gasteiger partial charge in [0.05, 0.1) is 5.69 Å². The van der Waals surface area contributed by atoms with Crippen molar-refractivity contribution in [3.05, 3.63) is 65.6 Å². The highest BCUT2D eigenvalue weighted by Crippen LogP contribution is 2.22. The second-order valence-corrected chi connectivity index (χ2v) is 7.37. The molecule has 0 bridgehead atoms. The van der Waals surface area contributed by atoms with Gasteiger partial charge in [0.25, 0.3) is 5.91 Å². The number of ether oxygens (including phenoxy) is 1. The topological polar surface area (TPSA) is 58.9 Å². The molecule has 0 spiro atoms. The van der Waals surface area contributed by atoms with Gasteiger partial charge in [0.2, 0.25) is 0 Å². The fourth-order valence-corrected chi connectivity index (χ4v) is 3.82. The number of carbonyl (C=O) groups is 1. The van der Waals surface area contributed by atoms with Crippen molar-refractivity contribution >= 4 is 11.6 Å². The highest BCUT2D eigenvalue weighted by Gasteiger charge is 2.28. The monoisotopic (exact) mass is 378 g/mol. The smallest absolute Gasteiger partial charge is 0.254 e. The van der Waals surface area contributed by atoms with Crippen LogP contribution in [0.4, 0.5) is 0 Å². The summed E-state index contributed by atoms with van der Waals surface area (Å²) >= 11 is 0. The summed E-state index contributed by atoms with van der Waals surface area (Å²) in [5.41, 5.74) is 3.61. The Kier molecular flexibility index (Phi) is 5.30. The van der Waals surface area contributed by atoms with E-state index in [-0.39, 0.29) is 11.9 Å². The lowest BCUT2D eigenvalue weighted by molar-refractivity contribution is 0.0736. The molecule has 3 aromatic rings. The number of hydrogen-bond donors (Lipinski definition) is 1. The van der Waals surface area contributed by atoms with Crippen LogP contribution in [0.1, 0.15) is 34.5 Å². The number of imidazole rings is 1. The predicted octanol–water partition coefficient (Wildman–Crippen LogP) is 3.05. The van der Waals surface area contributed by atoms with Crippen molar-refractivity contribution < 1.29 is 9.53 Å². The molecule has 146 valence electrons. The van der Waals surface area contributed by atoms with E-state index < -0.39 is 0 Å². The van der Waals surface area contributed by atoms with Crippen molar-refractivity contribution in [2.24, 2.45) is 0 Å². The number of nitrogens with zero attached hydrogens (tertiary/aromatic N) is 3. The van der Waals surface area contributed by atoms with Crippen LogP contribution in [0.2, 0.25) is 0 Å². The van der Waals surface area contributed by atoms with Gasteiger partial charge in [0.15, 0.2) is 0 Å². The van der Waals surface area contributed by atoms with E-state index in [2.05, 4.69) is 17.2 Å². The maximum absolute atomic E-state index is 12.9. The van der Waals surface area contributed by atoms with Crippen molar-refractivity contribution in [3.8, 4) is 5.75 Å². The number of fused-ring (bicyclic) bond motifs is 1. The summed E-state index contributed by atoms with van der Waals surface area (Å²) in [6.07, 6.45) is 6.13. The molecule has 0 saturated carbocycles. The average molecular weight is 378 g/mol. The second-order valence-electron chi connectivity index (χ2n) is 7.37. The molecule has 1 atom stereocenters. The molecule has 28 heavy (non-hydrogen) atoms. The Balaban J connectivity index is 1.45. The number of amides is 1. The summed E-state index contributed by atoms with van der Waals surface area (Å²) in [6.45, 7) is 4.07. The molecule has 1 aliphatic heterocycles. The van der Waals surface area contributed by atoms with Gasteiger partial charge >= 0.3 is 0 Å². The van der Waals surface area contributed by atoms with Crippen molar-refractivity contribution in [2.75, 3.05) is 20.1 Å². The fourth-order valence-electron chi connectivity index (χ4n) is 3.82. The highest BCUT2D eigenvalue weighted by molar-refractivity contribution is 5.95. The third kappa shape index (κ3) is 3.87. The molecule has 6 nitrogen and oxygen atoms in total. The quantitative estimate of drug-likeness (QED) is 0.716. The van der Waals surface area contributed by atoms with Crippen molar-refractivity contribution in [1.82, 2.24) is 19.6 Å². The first kappa shape index (κ1) is 18.5. The van der Waals surface area contributed by atoms with Crippen molar-refractivity contribution in [1.29, 1.82) is 0 Å². The zero-order chi connectivity index (χ0) is 19.5. The Morgan fingerprint density at radius 1 is 1.29 bits per heavy atom. The molecule has 2 aromatic heterocycles. The zero-order valence-corrected chi connectivity index (χ0v) is 16.4. The number of pyridine rings is 1. The van der Waals surface area contributed by atoms with Gasteiger partial charge in [0, 0.05) is 37.1 Å². The molecule has 1 saturated heterocycles. The molecule has 1 aromatic carbocycles. The molecule has 1 unspecified atom stereocenters. The Morgan fingerprint density at radius 3 is 3.04 bits per heavy atom. The maximum Gasteiger partial charge on any atom is 0.254 e. The molecule has 0 radical (unpaired) electrons. The van der Waals surface area contributed by atoms with Gasteiger partial charge in [0.1, 0.15) is 18.0 Å². The number of hydrogen-bond acceptors (Lipinski definition) is 4. The van der Waals surface area contributed by atoms with E-state index in [1.807, 2.05) is 65.1 Å². The molecule has 1 amide bonds. The largest absolute Gasteiger partial charge is 0.487 e. The van der Waals surface area contributed by atoms with E-state index in [9.17, 15) is 4.79 Å². The van der Waals surface area contributed by atoms with Crippen LogP contribution < -0.4 is 10.1 Å². The molecule has 0 aliphatic carbocycles. The number of rotatable bonds is 6. The molecule has 6 heteroatoms. The number of aromatic nitrogens is 2. The minimum atomic E-state index is 0.0754. The minimum Gasteiger partial charge on any atom is -0.487 e. The van der Waals surface area contributed by atoms with E-state index >= 15 is 0 Å². The number of aryl methyl sites for hydroxylation is 1. The van der Waals surface area contributed by atoms with Crippen LogP contribution in [0, 0.1) is 6.92 Å². The van der Waals surface area contributed by atoms with E-state index in [4.69, 9.17) is 4.74 Å². The summed E-state index contributed by atoms with van der Waals surface area (Å²) in [5, 5.41) is 3.18. The molecular formula is C22H26N4O2. The van der Waals surface area contributed by atoms with Gasteiger partial charge < -0.3 is 19.4 Å². The SMILES string of the molecule is CNCC1CCCN1C(=O)c1cccc(OCc2cn3cc(C)ccc3n2)c1. The Labute approximate surface area is 165 Å². The number of nitrogens with one attached hydrogen (secondary N) is 1. The van der Waals surface area contributed by atoms with Crippen molar-refractivity contribution in [3.63, 3.8) is 0 Å². The first-order valence-electron chi connectivity index (χ1n) is 9.77. The number of carbonyl (C=O) groups excluding carboxylic acids is 1. The number of benzene rings is 1. The van der Waals surface area contributed by atoms with Crippen molar-refractivity contribution in [2.45, 2.75) is 32.4 Å². The Bertz CT molecular complexity index is 982. The molecule has 1 aliphatic rings. The lowest BCUT2D eigenvalue weighted by Gasteiger charge is -2.24. The fraction of sp³-hybridized carbons (Fsp3) is 0.364. The van der Waals surface area contributed by atoms with Gasteiger partial charge in [-0.15, -0.1) is 0 Å². The van der Waals surface area contributed by atoms with Crippen LogP contribution in [0.3, 0.4) is 0 Å². The molecule has 1 fully saturated rings. The van der Waals surface area contributed by atoms with Crippen LogP contribution in [-0.2, 0) is 6.61 Å². The Hall–Kier alpha value is -2.86. The van der Waals surface area contributed by atoms with Crippen LogP contribution in [0.15, 0.2) is 48.8 Å². The molecular weight excluding hydrogens is 352 g/mol. The van der Waals surface area contributed by atoms with Gasteiger partial charge in [-0.25, -0.2) is 4.98 Å². The standard InChI is InChI=1S/C22H26N4O2/c1-16-8-9-21-24-18(14-25(21)13-16)15-28-20-7-3-5-17(11-20)22(27)26-10-4-6-19(26)12-23-2/h3,5,7-9,11,13-14,19,23H,4,6,10,12,15H2,1-2H3. The zero-order valence-electron chi connectivity index (χ0n) is 16.4. The highest BCUT2D eigenvalue weighted by atomic mass is 16.5. The summed E-state index contributed by atoms with van der Waals surface area (Å²) < 4.78 is 7.92. The van der Waals surface area contributed by atoms with E-state index in [1.165, 1.54) is 5.56 Å². The van der Waals surface area contributed by atoms with E-state index in [1.54, 1.807) is 0 Å². The third-order valence-electron chi connectivity index (χ3n) is 5.19. The average Bonchev–Trinajstić information content (AvgIpc) is 3.32. The van der Waals surface area contributed by atoms with E-state index in [0.717, 1.165) is 37.3 Å². The Morgan fingerprint density at radius 2 is 2.18 bits per heavy atom.